The Morgan fingerprint density at radius 1 is 1.07 bits per heavy atom. The highest BCUT2D eigenvalue weighted by molar-refractivity contribution is 7.80. The predicted molar refractivity (Wildman–Crippen MR) is 171 cm³/mol. The largest absolute Gasteiger partial charge is 0.389 e. The zero-order chi connectivity index (χ0) is 30.7. The van der Waals surface area contributed by atoms with Gasteiger partial charge in [0.05, 0.1) is 30.0 Å². The number of nitrogens with zero attached hydrogens (tertiary/aromatic N) is 1. The third-order valence-electron chi connectivity index (χ3n) is 11.5. The van der Waals surface area contributed by atoms with Crippen molar-refractivity contribution in [3.63, 3.8) is 0 Å². The molecule has 7 nitrogen and oxygen atoms in total. The molecule has 236 valence electrons. The van der Waals surface area contributed by atoms with E-state index in [0.717, 1.165) is 44.1 Å². The standard InChI is InChI=1S/C36H46N2O5S/c1-33(2)20-42-36(43-21-33)14-11-29-31-27(10-12-34(29,40)19-36)26-9-13-35(41,22-44)30(26)16-28(31)24-7-5-23(6-8-24)17-38-32(39)25-4-3-15-37-18-25/h3-8,15,18,26-28,30,40-41,44H,9-14,16-17,19-22H2,1-2H3,(H,38,39). The van der Waals surface area contributed by atoms with Crippen molar-refractivity contribution in [2.24, 2.45) is 23.2 Å². The molecule has 1 amide bonds. The van der Waals surface area contributed by atoms with Crippen molar-refractivity contribution in [1.82, 2.24) is 10.3 Å². The first-order valence-electron chi connectivity index (χ1n) is 16.4. The van der Waals surface area contributed by atoms with E-state index in [4.69, 9.17) is 9.47 Å². The third kappa shape index (κ3) is 5.34. The number of rotatable bonds is 5. The molecule has 3 N–H and O–H groups in total. The molecule has 7 rings (SSSR count). The molecule has 1 aromatic heterocycles. The van der Waals surface area contributed by atoms with E-state index in [9.17, 15) is 15.0 Å². The maximum atomic E-state index is 12.6. The van der Waals surface area contributed by atoms with Gasteiger partial charge in [0.1, 0.15) is 0 Å². The number of allylic oxidation sites excluding steroid dienone is 1. The number of aliphatic hydroxyl groups is 2. The average molecular weight is 619 g/mol. The van der Waals surface area contributed by atoms with E-state index in [1.165, 1.54) is 16.7 Å². The van der Waals surface area contributed by atoms with Gasteiger partial charge in [-0.1, -0.05) is 43.7 Å². The molecule has 1 aromatic carbocycles. The van der Waals surface area contributed by atoms with E-state index in [-0.39, 0.29) is 23.2 Å². The number of nitrogens with one attached hydrogen (secondary N) is 1. The van der Waals surface area contributed by atoms with Crippen LogP contribution in [0, 0.1) is 23.2 Å². The number of amides is 1. The normalized spacial score (nSPS) is 35.5. The minimum atomic E-state index is -0.939. The summed E-state index contributed by atoms with van der Waals surface area (Å²) in [6.45, 7) is 6.03. The Morgan fingerprint density at radius 3 is 2.55 bits per heavy atom. The summed E-state index contributed by atoms with van der Waals surface area (Å²) in [4.78, 5) is 16.6. The van der Waals surface area contributed by atoms with Gasteiger partial charge in [-0.05, 0) is 85.1 Å². The molecule has 2 aromatic rings. The average Bonchev–Trinajstić information content (AvgIpc) is 3.38. The van der Waals surface area contributed by atoms with Crippen LogP contribution < -0.4 is 5.32 Å². The molecule has 0 radical (unpaired) electrons. The van der Waals surface area contributed by atoms with E-state index in [2.05, 4.69) is 61.0 Å². The molecule has 1 aliphatic heterocycles. The lowest BCUT2D eigenvalue weighted by atomic mass is 9.54. The number of hydrogen-bond acceptors (Lipinski definition) is 7. The topological polar surface area (TPSA) is 101 Å². The van der Waals surface area contributed by atoms with E-state index >= 15 is 0 Å². The molecule has 4 aliphatic carbocycles. The molecular weight excluding hydrogens is 572 g/mol. The number of fused-ring (bicyclic) bond motifs is 4. The van der Waals surface area contributed by atoms with Crippen molar-refractivity contribution in [2.75, 3.05) is 19.0 Å². The fraction of sp³-hybridized carbons (Fsp3) is 0.611. The highest BCUT2D eigenvalue weighted by Crippen LogP contribution is 2.63. The van der Waals surface area contributed by atoms with Gasteiger partial charge < -0.3 is 25.0 Å². The van der Waals surface area contributed by atoms with Gasteiger partial charge in [-0.15, -0.1) is 0 Å². The van der Waals surface area contributed by atoms with Gasteiger partial charge in [-0.25, -0.2) is 0 Å². The molecule has 6 atom stereocenters. The summed E-state index contributed by atoms with van der Waals surface area (Å²) < 4.78 is 12.8. The summed E-state index contributed by atoms with van der Waals surface area (Å²) in [5, 5.41) is 27.0. The SMILES string of the molecule is CC1(C)COC2(CCC3=C4C(c5ccc(CNC(=O)c6cccnc6)cc5)CC5C(CCC5(O)CS)C4CCC3(O)C2)OC1. The summed E-state index contributed by atoms with van der Waals surface area (Å²) >= 11 is 4.62. The highest BCUT2D eigenvalue weighted by atomic mass is 32.1. The number of carbonyl (C=O) groups excluding carboxylic acids is 1. The number of benzene rings is 1. The molecule has 1 spiro atoms. The first-order chi connectivity index (χ1) is 21.0. The molecule has 6 unspecified atom stereocenters. The molecule has 8 heteroatoms. The zero-order valence-electron chi connectivity index (χ0n) is 25.9. The lowest BCUT2D eigenvalue weighted by Gasteiger charge is -2.56. The molecule has 4 fully saturated rings. The van der Waals surface area contributed by atoms with Gasteiger partial charge >= 0.3 is 0 Å². The Labute approximate surface area is 266 Å². The van der Waals surface area contributed by atoms with E-state index < -0.39 is 17.0 Å². The summed E-state index contributed by atoms with van der Waals surface area (Å²) in [5.74, 6) is 0.688. The van der Waals surface area contributed by atoms with Crippen molar-refractivity contribution in [3.05, 3.63) is 76.6 Å². The Balaban J connectivity index is 1.18. The second kappa shape index (κ2) is 11.2. The number of thiol groups is 1. The van der Waals surface area contributed by atoms with E-state index in [0.29, 0.717) is 55.8 Å². The van der Waals surface area contributed by atoms with Gasteiger partial charge in [0, 0.05) is 48.9 Å². The van der Waals surface area contributed by atoms with Crippen LogP contribution in [-0.4, -0.2) is 57.1 Å². The highest BCUT2D eigenvalue weighted by Gasteiger charge is 2.59. The predicted octanol–water partition coefficient (Wildman–Crippen LogP) is 5.58. The molecular formula is C36H46N2O5S. The van der Waals surface area contributed by atoms with Crippen LogP contribution in [0.4, 0.5) is 0 Å². The minimum Gasteiger partial charge on any atom is -0.389 e. The fourth-order valence-electron chi connectivity index (χ4n) is 9.13. The summed E-state index contributed by atoms with van der Waals surface area (Å²) in [7, 11) is 0. The van der Waals surface area contributed by atoms with Gasteiger partial charge in [0.15, 0.2) is 5.79 Å². The van der Waals surface area contributed by atoms with Crippen molar-refractivity contribution < 1.29 is 24.5 Å². The van der Waals surface area contributed by atoms with E-state index in [1.807, 2.05) is 0 Å². The molecule has 44 heavy (non-hydrogen) atoms. The van der Waals surface area contributed by atoms with Crippen LogP contribution in [0.3, 0.4) is 0 Å². The second-order valence-corrected chi connectivity index (χ2v) is 15.3. The van der Waals surface area contributed by atoms with Crippen LogP contribution in [0.5, 0.6) is 0 Å². The number of hydrogen-bond donors (Lipinski definition) is 4. The Hall–Kier alpha value is -2.23. The zero-order valence-corrected chi connectivity index (χ0v) is 26.8. The minimum absolute atomic E-state index is 0.0201. The lowest BCUT2D eigenvalue weighted by molar-refractivity contribution is -0.322. The maximum Gasteiger partial charge on any atom is 0.253 e. The monoisotopic (exact) mass is 618 g/mol. The smallest absolute Gasteiger partial charge is 0.253 e. The van der Waals surface area contributed by atoms with Crippen LogP contribution in [0.2, 0.25) is 0 Å². The van der Waals surface area contributed by atoms with Crippen molar-refractivity contribution in [2.45, 2.75) is 94.7 Å². The summed E-state index contributed by atoms with van der Waals surface area (Å²) in [5.41, 5.74) is 3.68. The van der Waals surface area contributed by atoms with Gasteiger partial charge in [0.2, 0.25) is 0 Å². The first kappa shape index (κ1) is 30.4. The molecule has 3 saturated carbocycles. The Kier molecular flexibility index (Phi) is 7.77. The number of ether oxygens (including phenoxy) is 2. The van der Waals surface area contributed by atoms with Crippen molar-refractivity contribution in [3.8, 4) is 0 Å². The Bertz CT molecular complexity index is 1420. The van der Waals surface area contributed by atoms with Crippen LogP contribution in [0.15, 0.2) is 59.9 Å². The quantitative estimate of drug-likeness (QED) is 0.258. The number of aromatic nitrogens is 1. The van der Waals surface area contributed by atoms with Crippen LogP contribution in [0.1, 0.15) is 92.6 Å². The maximum absolute atomic E-state index is 12.6. The molecule has 0 bridgehead atoms. The van der Waals surface area contributed by atoms with Gasteiger partial charge in [-0.3, -0.25) is 9.78 Å². The summed E-state index contributed by atoms with van der Waals surface area (Å²) in [6, 6.07) is 12.1. The Morgan fingerprint density at radius 2 is 1.84 bits per heavy atom. The van der Waals surface area contributed by atoms with E-state index in [1.54, 1.807) is 24.5 Å². The van der Waals surface area contributed by atoms with Gasteiger partial charge in [-0.2, -0.15) is 12.6 Å². The van der Waals surface area contributed by atoms with Crippen molar-refractivity contribution in [1.29, 1.82) is 0 Å². The third-order valence-corrected chi connectivity index (χ3v) is 12.0. The molecule has 2 heterocycles. The van der Waals surface area contributed by atoms with Crippen molar-refractivity contribution >= 4 is 18.5 Å². The summed E-state index contributed by atoms with van der Waals surface area (Å²) in [6.07, 6.45) is 9.51. The first-order valence-corrected chi connectivity index (χ1v) is 17.0. The molecule has 5 aliphatic rings. The van der Waals surface area contributed by atoms with Gasteiger partial charge in [0.25, 0.3) is 5.91 Å². The second-order valence-electron chi connectivity index (χ2n) is 15.0. The number of pyridine rings is 1. The fourth-order valence-corrected chi connectivity index (χ4v) is 9.52. The molecule has 1 saturated heterocycles. The van der Waals surface area contributed by atoms with Crippen LogP contribution in [0.25, 0.3) is 0 Å². The number of carbonyl (C=O) groups is 1. The van der Waals surface area contributed by atoms with Crippen LogP contribution in [-0.2, 0) is 16.0 Å². The van der Waals surface area contributed by atoms with Crippen LogP contribution >= 0.6 is 12.6 Å². The lowest BCUT2D eigenvalue weighted by Crippen LogP contribution is -2.57.